The molecular weight excluding hydrogens is 565 g/mol. The smallest absolute Gasteiger partial charge is 0.192 e. The van der Waals surface area contributed by atoms with E-state index in [1.165, 1.54) is 17.9 Å². The van der Waals surface area contributed by atoms with Gasteiger partial charge in [-0.25, -0.2) is 8.42 Å². The van der Waals surface area contributed by atoms with Gasteiger partial charge in [0, 0.05) is 14.2 Å². The van der Waals surface area contributed by atoms with Crippen LogP contribution < -0.4 is 0 Å². The van der Waals surface area contributed by atoms with E-state index in [9.17, 15) is 8.42 Å². The molecule has 1 fully saturated rings. The third-order valence-corrected chi connectivity index (χ3v) is 18.8. The molecule has 0 spiro atoms. The molecule has 0 aliphatic carbocycles. The van der Waals surface area contributed by atoms with Crippen LogP contribution in [-0.2, 0) is 23.7 Å². The zero-order valence-corrected chi connectivity index (χ0v) is 29.0. The molecule has 9 heteroatoms. The first kappa shape index (κ1) is 35.2. The van der Waals surface area contributed by atoms with E-state index >= 15 is 0 Å². The number of hydrogen-bond donors (Lipinski definition) is 0. The maximum absolute atomic E-state index is 13.2. The van der Waals surface area contributed by atoms with Crippen LogP contribution in [0, 0.1) is 11.8 Å². The average Bonchev–Trinajstić information content (AvgIpc) is 2.96. The summed E-state index contributed by atoms with van der Waals surface area (Å²) >= 11 is 4.16. The number of hydrogen-bond acceptors (Lipinski definition) is 7. The number of rotatable bonds is 18. The summed E-state index contributed by atoms with van der Waals surface area (Å²) in [4.78, 5) is 0.394. The molecule has 2 rings (SSSR count). The minimum absolute atomic E-state index is 0.0673. The lowest BCUT2D eigenvalue weighted by atomic mass is 9.91. The first-order chi connectivity index (χ1) is 18.6. The van der Waals surface area contributed by atoms with Crippen LogP contribution in [0.25, 0.3) is 0 Å². The minimum atomic E-state index is -3.38. The molecule has 6 atom stereocenters. The number of thioether (sulfide) groups is 2. The fourth-order valence-electron chi connectivity index (χ4n) is 5.75. The van der Waals surface area contributed by atoms with E-state index in [4.69, 9.17) is 13.9 Å². The van der Waals surface area contributed by atoms with Crippen LogP contribution in [0.1, 0.15) is 67.2 Å². The van der Waals surface area contributed by atoms with Gasteiger partial charge in [0.2, 0.25) is 0 Å². The lowest BCUT2D eigenvalue weighted by Gasteiger charge is -2.42. The monoisotopic (exact) mass is 618 g/mol. The maximum atomic E-state index is 13.2. The molecule has 226 valence electrons. The lowest BCUT2D eigenvalue weighted by Crippen LogP contribution is -2.51. The molecule has 1 saturated heterocycles. The SMILES string of the molecule is CC[Si](CC)(CC)O[C@H]([C@H](C[C@@H](C)CC(C)S(=O)(=O)c1ccccc1)OC)[C@H](C[C@@H](C)C1SCCCS1)OC. The molecule has 1 aromatic carbocycles. The number of benzene rings is 1. The van der Waals surface area contributed by atoms with Crippen molar-refractivity contribution in [3.63, 3.8) is 0 Å². The normalized spacial score (nSPS) is 20.2. The first-order valence-corrected chi connectivity index (χ1v) is 21.0. The predicted molar refractivity (Wildman–Crippen MR) is 172 cm³/mol. The summed E-state index contributed by atoms with van der Waals surface area (Å²) in [6, 6.07) is 12.0. The van der Waals surface area contributed by atoms with Gasteiger partial charge >= 0.3 is 0 Å². The van der Waals surface area contributed by atoms with Gasteiger partial charge in [0.25, 0.3) is 0 Å². The van der Waals surface area contributed by atoms with Crippen molar-refractivity contribution in [1.29, 1.82) is 0 Å². The molecule has 1 heterocycles. The van der Waals surface area contributed by atoms with Crippen molar-refractivity contribution in [2.75, 3.05) is 25.7 Å². The largest absolute Gasteiger partial charge is 0.409 e. The fraction of sp³-hybridized carbons (Fsp3) is 0.800. The Bertz CT molecular complexity index is 898. The van der Waals surface area contributed by atoms with Gasteiger partial charge in [0.1, 0.15) is 0 Å². The van der Waals surface area contributed by atoms with Crippen molar-refractivity contribution in [2.24, 2.45) is 11.8 Å². The van der Waals surface area contributed by atoms with Gasteiger partial charge in [-0.1, -0.05) is 52.8 Å². The quantitative estimate of drug-likeness (QED) is 0.155. The van der Waals surface area contributed by atoms with Gasteiger partial charge in [0.15, 0.2) is 18.2 Å². The second-order valence-corrected chi connectivity index (χ2v) is 21.2. The van der Waals surface area contributed by atoms with Crippen molar-refractivity contribution in [3.05, 3.63) is 30.3 Å². The van der Waals surface area contributed by atoms with E-state index in [-0.39, 0.29) is 24.2 Å². The van der Waals surface area contributed by atoms with E-state index in [0.29, 0.717) is 21.8 Å². The molecular formula is C30H54O5S3Si. The van der Waals surface area contributed by atoms with Crippen molar-refractivity contribution in [1.82, 2.24) is 0 Å². The Balaban J connectivity index is 2.24. The molecule has 1 aliphatic rings. The molecule has 1 aliphatic heterocycles. The predicted octanol–water partition coefficient (Wildman–Crippen LogP) is 7.91. The van der Waals surface area contributed by atoms with Gasteiger partial charge in [-0.05, 0) is 86.2 Å². The summed E-state index contributed by atoms with van der Waals surface area (Å²) in [5.41, 5.74) is 0. The first-order valence-electron chi connectivity index (χ1n) is 14.8. The topological polar surface area (TPSA) is 61.8 Å². The Labute approximate surface area is 249 Å². The van der Waals surface area contributed by atoms with E-state index in [0.717, 1.165) is 31.0 Å². The second kappa shape index (κ2) is 17.2. The molecule has 0 amide bonds. The van der Waals surface area contributed by atoms with Crippen LogP contribution in [0.5, 0.6) is 0 Å². The van der Waals surface area contributed by atoms with E-state index < -0.39 is 23.4 Å². The van der Waals surface area contributed by atoms with E-state index in [1.54, 1.807) is 31.4 Å². The van der Waals surface area contributed by atoms with Crippen LogP contribution in [0.4, 0.5) is 0 Å². The maximum Gasteiger partial charge on any atom is 0.192 e. The average molecular weight is 619 g/mol. The number of ether oxygens (including phenoxy) is 2. The molecule has 0 radical (unpaired) electrons. The van der Waals surface area contributed by atoms with Crippen LogP contribution in [0.3, 0.4) is 0 Å². The van der Waals surface area contributed by atoms with Gasteiger partial charge in [0.05, 0.1) is 33.0 Å². The summed E-state index contributed by atoms with van der Waals surface area (Å²) < 4.78 is 46.6. The Morgan fingerprint density at radius 2 is 1.41 bits per heavy atom. The summed E-state index contributed by atoms with van der Waals surface area (Å²) in [6.45, 7) is 13.1. The van der Waals surface area contributed by atoms with Crippen molar-refractivity contribution in [2.45, 2.75) is 118 Å². The van der Waals surface area contributed by atoms with E-state index in [2.05, 4.69) is 58.1 Å². The van der Waals surface area contributed by atoms with Crippen LogP contribution in [-0.4, -0.2) is 70.6 Å². The van der Waals surface area contributed by atoms with Crippen LogP contribution in [0.2, 0.25) is 18.1 Å². The molecule has 0 aromatic heterocycles. The van der Waals surface area contributed by atoms with Crippen molar-refractivity contribution < 1.29 is 22.3 Å². The highest BCUT2D eigenvalue weighted by atomic mass is 32.2. The highest BCUT2D eigenvalue weighted by Crippen LogP contribution is 2.39. The van der Waals surface area contributed by atoms with Crippen molar-refractivity contribution >= 4 is 41.7 Å². The summed E-state index contributed by atoms with van der Waals surface area (Å²) in [6.07, 6.45) is 3.13. The zero-order valence-electron chi connectivity index (χ0n) is 25.6. The van der Waals surface area contributed by atoms with Gasteiger partial charge in [-0.3, -0.25) is 0 Å². The number of methoxy groups -OCH3 is 2. The highest BCUT2D eigenvalue weighted by Gasteiger charge is 2.41. The molecule has 0 bridgehead atoms. The lowest BCUT2D eigenvalue weighted by molar-refractivity contribution is -0.0930. The summed E-state index contributed by atoms with van der Waals surface area (Å²) in [5.74, 6) is 3.12. The van der Waals surface area contributed by atoms with Crippen LogP contribution in [0.15, 0.2) is 35.2 Å². The molecule has 39 heavy (non-hydrogen) atoms. The summed E-state index contributed by atoms with van der Waals surface area (Å²) in [7, 11) is -1.75. The Hall–Kier alpha value is -0.0331. The Morgan fingerprint density at radius 3 is 1.92 bits per heavy atom. The van der Waals surface area contributed by atoms with Gasteiger partial charge in [-0.15, -0.1) is 23.5 Å². The van der Waals surface area contributed by atoms with E-state index in [1.807, 2.05) is 20.1 Å². The third kappa shape index (κ3) is 10.0. The second-order valence-electron chi connectivity index (χ2n) is 11.3. The molecule has 0 N–H and O–H groups in total. The standard InChI is InChI=1S/C30H54O5S3Si/c1-9-39(10-2,11-3)35-29(28(34-8)22-24(5)30-36-18-15-19-37-30)27(33-7)21-23(4)20-25(6)38(31,32)26-16-13-12-14-17-26/h12-14,16-17,23-25,27-30H,9-11,15,18-22H2,1-8H3/t23-,24+,25?,27-,28-,29+/m0/s1. The molecule has 5 nitrogen and oxygen atoms in total. The zero-order chi connectivity index (χ0) is 29.1. The highest BCUT2D eigenvalue weighted by molar-refractivity contribution is 8.17. The van der Waals surface area contributed by atoms with Crippen LogP contribution >= 0.6 is 23.5 Å². The molecule has 1 aromatic rings. The summed E-state index contributed by atoms with van der Waals surface area (Å²) in [5, 5.41) is -0.472. The molecule has 1 unspecified atom stereocenters. The van der Waals surface area contributed by atoms with Gasteiger partial charge < -0.3 is 13.9 Å². The third-order valence-electron chi connectivity index (χ3n) is 8.55. The Morgan fingerprint density at radius 1 is 0.872 bits per heavy atom. The van der Waals surface area contributed by atoms with Crippen molar-refractivity contribution in [3.8, 4) is 0 Å². The number of sulfone groups is 1. The Kier molecular flexibility index (Phi) is 15.5. The molecule has 0 saturated carbocycles. The minimum Gasteiger partial charge on any atom is -0.409 e. The van der Waals surface area contributed by atoms with Gasteiger partial charge in [-0.2, -0.15) is 0 Å². The fourth-order valence-corrected chi connectivity index (χ4v) is 13.3.